The summed E-state index contributed by atoms with van der Waals surface area (Å²) in [4.78, 5) is 16.3. The topological polar surface area (TPSA) is 96.1 Å². The predicted molar refractivity (Wildman–Crippen MR) is 101 cm³/mol. The van der Waals surface area contributed by atoms with E-state index in [0.29, 0.717) is 37.6 Å². The molecule has 2 heterocycles. The average Bonchev–Trinajstić information content (AvgIpc) is 2.64. The maximum absolute atomic E-state index is 12.9. The molecule has 1 aromatic carbocycles. The van der Waals surface area contributed by atoms with Crippen molar-refractivity contribution >= 4 is 21.8 Å². The van der Waals surface area contributed by atoms with Crippen LogP contribution in [0.3, 0.4) is 0 Å². The molecular formula is C18H22N4O3S. The Morgan fingerprint density at radius 2 is 1.96 bits per heavy atom. The summed E-state index contributed by atoms with van der Waals surface area (Å²) in [7, 11) is -3.40. The highest BCUT2D eigenvalue weighted by Crippen LogP contribution is 2.17. The van der Waals surface area contributed by atoms with Crippen molar-refractivity contribution in [2.24, 2.45) is 10.1 Å². The lowest BCUT2D eigenvalue weighted by atomic mass is 10.1. The maximum atomic E-state index is 12.9. The van der Waals surface area contributed by atoms with Crippen molar-refractivity contribution in [3.63, 3.8) is 0 Å². The summed E-state index contributed by atoms with van der Waals surface area (Å²) >= 11 is 0. The van der Waals surface area contributed by atoms with E-state index in [4.69, 9.17) is 5.73 Å². The number of amides is 1. The molecule has 138 valence electrons. The average molecular weight is 374 g/mol. The smallest absolute Gasteiger partial charge is 0.256 e. The van der Waals surface area contributed by atoms with Crippen molar-refractivity contribution in [1.82, 2.24) is 9.80 Å². The number of hydrogen-bond acceptors (Lipinski definition) is 5. The number of rotatable bonds is 6. The zero-order chi connectivity index (χ0) is 18.6. The van der Waals surface area contributed by atoms with Crippen LogP contribution in [0, 0.1) is 0 Å². The number of carbonyl (C=O) groups excluding carboxylic acids is 1. The molecule has 0 atom stereocenters. The summed E-state index contributed by atoms with van der Waals surface area (Å²) in [6, 6.07) is 9.97. The second-order valence-electron chi connectivity index (χ2n) is 6.16. The second-order valence-corrected chi connectivity index (χ2v) is 7.92. The quantitative estimate of drug-likeness (QED) is 0.783. The Balaban J connectivity index is 1.71. The first-order valence-electron chi connectivity index (χ1n) is 8.51. The van der Waals surface area contributed by atoms with Crippen LogP contribution < -0.4 is 5.73 Å². The number of nitrogens with zero attached hydrogens (tertiary/aromatic N) is 3. The summed E-state index contributed by atoms with van der Waals surface area (Å²) in [5.74, 6) is 0.181. The molecule has 0 fully saturated rings. The highest BCUT2D eigenvalue weighted by Gasteiger charge is 2.26. The number of nitrogens with two attached hydrogens (primary N) is 1. The van der Waals surface area contributed by atoms with Gasteiger partial charge in [-0.2, -0.15) is 0 Å². The molecule has 0 bridgehead atoms. The third-order valence-electron chi connectivity index (χ3n) is 4.27. The van der Waals surface area contributed by atoms with E-state index in [1.807, 2.05) is 30.3 Å². The molecule has 8 heteroatoms. The van der Waals surface area contributed by atoms with Gasteiger partial charge in [-0.25, -0.2) is 8.42 Å². The lowest BCUT2D eigenvalue weighted by molar-refractivity contribution is -0.126. The minimum Gasteiger partial charge on any atom is -0.337 e. The first-order chi connectivity index (χ1) is 12.5. The van der Waals surface area contributed by atoms with Crippen LogP contribution in [-0.4, -0.2) is 61.9 Å². The molecule has 0 spiro atoms. The summed E-state index contributed by atoms with van der Waals surface area (Å²) in [5.41, 5.74) is 7.34. The Morgan fingerprint density at radius 3 is 2.69 bits per heavy atom. The van der Waals surface area contributed by atoms with Gasteiger partial charge in [0.25, 0.3) is 15.9 Å². The molecule has 0 unspecified atom stereocenters. The van der Waals surface area contributed by atoms with Crippen LogP contribution in [0.4, 0.5) is 0 Å². The Bertz CT molecular complexity index is 860. The highest BCUT2D eigenvalue weighted by molar-refractivity contribution is 7.90. The third-order valence-corrected chi connectivity index (χ3v) is 5.43. The number of carbonyl (C=O) groups is 1. The normalized spacial score (nSPS) is 18.0. The Morgan fingerprint density at radius 1 is 1.19 bits per heavy atom. The number of amidine groups is 1. The van der Waals surface area contributed by atoms with Crippen molar-refractivity contribution in [1.29, 1.82) is 0 Å². The van der Waals surface area contributed by atoms with Crippen molar-refractivity contribution in [3.8, 4) is 0 Å². The van der Waals surface area contributed by atoms with Gasteiger partial charge in [0.1, 0.15) is 5.84 Å². The van der Waals surface area contributed by atoms with Gasteiger partial charge >= 0.3 is 0 Å². The molecule has 7 nitrogen and oxygen atoms in total. The van der Waals surface area contributed by atoms with Gasteiger partial charge < -0.3 is 15.5 Å². The Kier molecular flexibility index (Phi) is 5.53. The van der Waals surface area contributed by atoms with Gasteiger partial charge in [-0.05, 0) is 24.1 Å². The van der Waals surface area contributed by atoms with Gasteiger partial charge in [0.05, 0.1) is 11.3 Å². The molecule has 2 aliphatic heterocycles. The van der Waals surface area contributed by atoms with Gasteiger partial charge in [0.2, 0.25) is 0 Å². The van der Waals surface area contributed by atoms with E-state index in [9.17, 15) is 13.2 Å². The van der Waals surface area contributed by atoms with Crippen LogP contribution in [0.1, 0.15) is 5.56 Å². The molecule has 3 rings (SSSR count). The molecule has 0 saturated carbocycles. The molecule has 0 radical (unpaired) electrons. The molecule has 1 aromatic rings. The van der Waals surface area contributed by atoms with Crippen LogP contribution in [-0.2, 0) is 21.2 Å². The third kappa shape index (κ3) is 4.39. The minimum atomic E-state index is -3.40. The fourth-order valence-electron chi connectivity index (χ4n) is 2.89. The Hall–Kier alpha value is -2.45. The lowest BCUT2D eigenvalue weighted by Gasteiger charge is -2.29. The maximum Gasteiger partial charge on any atom is 0.256 e. The number of benzene rings is 1. The second kappa shape index (κ2) is 7.84. The molecule has 2 N–H and O–H groups in total. The predicted octanol–water partition coefficient (Wildman–Crippen LogP) is 0.514. The van der Waals surface area contributed by atoms with Crippen molar-refractivity contribution in [2.75, 3.05) is 31.9 Å². The van der Waals surface area contributed by atoms with E-state index >= 15 is 0 Å². The van der Waals surface area contributed by atoms with Crippen molar-refractivity contribution < 1.29 is 13.2 Å². The first kappa shape index (κ1) is 18.3. The van der Waals surface area contributed by atoms with E-state index in [1.165, 1.54) is 0 Å². The number of fused-ring (bicyclic) bond motifs is 1. The summed E-state index contributed by atoms with van der Waals surface area (Å²) in [5, 5.41) is 0. The molecule has 1 amide bonds. The summed E-state index contributed by atoms with van der Waals surface area (Å²) in [6.45, 7) is 1.71. The SMILES string of the molecule is NCCN(CCc1ccccc1)C(=O)C1=CN2CCS(=O)(=O)N=C2C=C1. The molecular weight excluding hydrogens is 352 g/mol. The monoisotopic (exact) mass is 374 g/mol. The van der Waals surface area contributed by atoms with E-state index < -0.39 is 10.0 Å². The van der Waals surface area contributed by atoms with Gasteiger partial charge in [0, 0.05) is 32.4 Å². The van der Waals surface area contributed by atoms with E-state index in [0.717, 1.165) is 12.0 Å². The summed E-state index contributed by atoms with van der Waals surface area (Å²) < 4.78 is 26.9. The van der Waals surface area contributed by atoms with Crippen LogP contribution in [0.15, 0.2) is 58.7 Å². The van der Waals surface area contributed by atoms with Gasteiger partial charge in [-0.1, -0.05) is 30.3 Å². The zero-order valence-electron chi connectivity index (χ0n) is 14.4. The van der Waals surface area contributed by atoms with Gasteiger partial charge in [0.15, 0.2) is 0 Å². The minimum absolute atomic E-state index is 0.0527. The fourth-order valence-corrected chi connectivity index (χ4v) is 3.86. The zero-order valence-corrected chi connectivity index (χ0v) is 15.2. The molecule has 0 aliphatic carbocycles. The van der Waals surface area contributed by atoms with E-state index in [2.05, 4.69) is 4.40 Å². The number of sulfonamides is 1. The molecule has 0 aromatic heterocycles. The van der Waals surface area contributed by atoms with Crippen molar-refractivity contribution in [2.45, 2.75) is 6.42 Å². The highest BCUT2D eigenvalue weighted by atomic mass is 32.2. The largest absolute Gasteiger partial charge is 0.337 e. The molecule has 0 saturated heterocycles. The number of hydrogen-bond donors (Lipinski definition) is 1. The lowest BCUT2D eigenvalue weighted by Crippen LogP contribution is -2.41. The standard InChI is InChI=1S/C18H22N4O3S/c19-9-11-21(10-8-15-4-2-1-3-5-15)18(23)16-6-7-17-20-26(24,25)13-12-22(17)14-16/h1-7,14H,8-13,19H2. The van der Waals surface area contributed by atoms with E-state index in [1.54, 1.807) is 28.2 Å². The summed E-state index contributed by atoms with van der Waals surface area (Å²) in [6.07, 6.45) is 5.60. The van der Waals surface area contributed by atoms with Gasteiger partial charge in [-0.15, -0.1) is 4.40 Å². The van der Waals surface area contributed by atoms with Crippen LogP contribution >= 0.6 is 0 Å². The molecule has 2 aliphatic rings. The molecule has 26 heavy (non-hydrogen) atoms. The van der Waals surface area contributed by atoms with Crippen molar-refractivity contribution in [3.05, 3.63) is 59.8 Å². The van der Waals surface area contributed by atoms with Crippen LogP contribution in [0.25, 0.3) is 0 Å². The fraction of sp³-hybridized carbons (Fsp3) is 0.333. The first-order valence-corrected chi connectivity index (χ1v) is 10.1. The van der Waals surface area contributed by atoms with Gasteiger partial charge in [-0.3, -0.25) is 4.79 Å². The van der Waals surface area contributed by atoms with Crippen LogP contribution in [0.2, 0.25) is 0 Å². The Labute approximate surface area is 153 Å². The van der Waals surface area contributed by atoms with Crippen LogP contribution in [0.5, 0.6) is 0 Å². The van der Waals surface area contributed by atoms with E-state index in [-0.39, 0.29) is 11.7 Å².